The summed E-state index contributed by atoms with van der Waals surface area (Å²) in [7, 11) is 0. The van der Waals surface area contributed by atoms with Gasteiger partial charge < -0.3 is 10.5 Å². The van der Waals surface area contributed by atoms with Crippen LogP contribution in [0.1, 0.15) is 18.6 Å². The van der Waals surface area contributed by atoms with Crippen LogP contribution in [0.5, 0.6) is 5.75 Å². The van der Waals surface area contributed by atoms with E-state index in [0.29, 0.717) is 18.0 Å². The number of ether oxygens (including phenoxy) is 1. The molecule has 0 bridgehead atoms. The highest BCUT2D eigenvalue weighted by Gasteiger charge is 2.11. The molecule has 0 fully saturated rings. The number of nitrogen functional groups attached to an aromatic ring is 1. The number of hydrogen-bond donors (Lipinski definition) is 1. The summed E-state index contributed by atoms with van der Waals surface area (Å²) in [5, 5.41) is 4.31. The Kier molecular flexibility index (Phi) is 2.99. The van der Waals surface area contributed by atoms with Crippen molar-refractivity contribution in [3.05, 3.63) is 29.8 Å². The fraction of sp³-hybridized carbons (Fsp3) is 0.333. The van der Waals surface area contributed by atoms with Crippen LogP contribution >= 0.6 is 0 Å². The molecule has 1 aromatic heterocycles. The molecule has 1 heterocycles. The Balaban J connectivity index is 2.52. The van der Waals surface area contributed by atoms with Crippen molar-refractivity contribution >= 4 is 5.69 Å². The van der Waals surface area contributed by atoms with Crippen molar-refractivity contribution in [2.75, 3.05) is 12.3 Å². The molecule has 0 aliphatic carbocycles. The lowest BCUT2D eigenvalue weighted by molar-refractivity contribution is 0.342. The maximum Gasteiger partial charge on any atom is 0.148 e. The Morgan fingerprint density at radius 2 is 2.12 bits per heavy atom. The number of nitrogens with two attached hydrogens (primary N) is 1. The molecule has 0 spiro atoms. The summed E-state index contributed by atoms with van der Waals surface area (Å²) in [6.07, 6.45) is 0. The van der Waals surface area contributed by atoms with E-state index in [4.69, 9.17) is 10.5 Å². The van der Waals surface area contributed by atoms with Crippen molar-refractivity contribution in [1.29, 1.82) is 0 Å². The lowest BCUT2D eigenvalue weighted by Gasteiger charge is -2.11. The summed E-state index contributed by atoms with van der Waals surface area (Å²) in [6, 6.07) is 5.65. The van der Waals surface area contributed by atoms with E-state index in [2.05, 4.69) is 10.1 Å². The second-order valence-electron chi connectivity index (χ2n) is 3.74. The van der Waals surface area contributed by atoms with Gasteiger partial charge in [0.05, 0.1) is 12.3 Å². The number of aryl methyl sites for hydroxylation is 2. The summed E-state index contributed by atoms with van der Waals surface area (Å²) in [4.78, 5) is 4.26. The quantitative estimate of drug-likeness (QED) is 0.820. The summed E-state index contributed by atoms with van der Waals surface area (Å²) in [5.41, 5.74) is 7.45. The first-order valence-corrected chi connectivity index (χ1v) is 5.55. The molecule has 0 saturated carbocycles. The maximum atomic E-state index is 6.07. The smallest absolute Gasteiger partial charge is 0.148 e. The molecule has 2 N–H and O–H groups in total. The molecule has 0 radical (unpaired) electrons. The van der Waals surface area contributed by atoms with Crippen molar-refractivity contribution in [3.63, 3.8) is 0 Å². The monoisotopic (exact) mass is 232 g/mol. The molecule has 5 nitrogen and oxygen atoms in total. The molecule has 0 aliphatic heterocycles. The Morgan fingerprint density at radius 1 is 1.35 bits per heavy atom. The van der Waals surface area contributed by atoms with Crippen molar-refractivity contribution in [1.82, 2.24) is 14.8 Å². The van der Waals surface area contributed by atoms with Crippen molar-refractivity contribution in [3.8, 4) is 11.4 Å². The van der Waals surface area contributed by atoms with E-state index in [1.54, 1.807) is 4.68 Å². The van der Waals surface area contributed by atoms with Crippen LogP contribution < -0.4 is 10.5 Å². The zero-order valence-electron chi connectivity index (χ0n) is 10.3. The van der Waals surface area contributed by atoms with Gasteiger partial charge >= 0.3 is 0 Å². The summed E-state index contributed by atoms with van der Waals surface area (Å²) < 4.78 is 7.19. The number of anilines is 1. The minimum absolute atomic E-state index is 0.586. The Hall–Kier alpha value is -2.04. The third-order valence-electron chi connectivity index (χ3n) is 2.45. The van der Waals surface area contributed by atoms with Crippen molar-refractivity contribution in [2.24, 2.45) is 0 Å². The van der Waals surface area contributed by atoms with E-state index in [1.165, 1.54) is 0 Å². The molecular weight excluding hydrogens is 216 g/mol. The average Bonchev–Trinajstić information content (AvgIpc) is 2.61. The molecule has 2 rings (SSSR count). The molecule has 90 valence electrons. The van der Waals surface area contributed by atoms with Crippen LogP contribution in [-0.2, 0) is 0 Å². The number of para-hydroxylation sites is 1. The molecule has 0 amide bonds. The van der Waals surface area contributed by atoms with E-state index in [0.717, 1.165) is 17.3 Å². The van der Waals surface area contributed by atoms with Gasteiger partial charge in [0, 0.05) is 0 Å². The molecule has 2 aromatic rings. The fourth-order valence-electron chi connectivity index (χ4n) is 1.75. The number of aromatic nitrogens is 3. The highest BCUT2D eigenvalue weighted by Crippen LogP contribution is 2.28. The van der Waals surface area contributed by atoms with Gasteiger partial charge in [-0.3, -0.25) is 0 Å². The molecule has 5 heteroatoms. The van der Waals surface area contributed by atoms with Crippen LogP contribution in [0.25, 0.3) is 5.69 Å². The molecule has 17 heavy (non-hydrogen) atoms. The second kappa shape index (κ2) is 4.45. The van der Waals surface area contributed by atoms with Gasteiger partial charge in [0.2, 0.25) is 0 Å². The van der Waals surface area contributed by atoms with Crippen LogP contribution in [0.4, 0.5) is 5.69 Å². The predicted molar refractivity (Wildman–Crippen MR) is 66.4 cm³/mol. The molecule has 0 saturated heterocycles. The second-order valence-corrected chi connectivity index (χ2v) is 3.74. The highest BCUT2D eigenvalue weighted by molar-refractivity contribution is 5.66. The number of benzene rings is 1. The third kappa shape index (κ3) is 2.08. The molecule has 1 aromatic carbocycles. The van der Waals surface area contributed by atoms with Gasteiger partial charge in [-0.2, -0.15) is 5.10 Å². The Labute approximate surface area is 100 Å². The van der Waals surface area contributed by atoms with Gasteiger partial charge in [-0.25, -0.2) is 9.67 Å². The van der Waals surface area contributed by atoms with Crippen LogP contribution in [0.2, 0.25) is 0 Å². The summed E-state index contributed by atoms with van der Waals surface area (Å²) in [6.45, 7) is 6.26. The number of hydrogen-bond acceptors (Lipinski definition) is 4. The first-order valence-electron chi connectivity index (χ1n) is 5.55. The van der Waals surface area contributed by atoms with Crippen LogP contribution in [0, 0.1) is 13.8 Å². The predicted octanol–water partition coefficient (Wildman–Crippen LogP) is 1.87. The lowest BCUT2D eigenvalue weighted by Crippen LogP contribution is -2.06. The van der Waals surface area contributed by atoms with E-state index in [-0.39, 0.29) is 0 Å². The number of rotatable bonds is 3. The van der Waals surface area contributed by atoms with Gasteiger partial charge in [0.15, 0.2) is 0 Å². The van der Waals surface area contributed by atoms with Crippen molar-refractivity contribution < 1.29 is 4.74 Å². The molecular formula is C12H16N4O. The van der Waals surface area contributed by atoms with Gasteiger partial charge in [0.25, 0.3) is 0 Å². The van der Waals surface area contributed by atoms with E-state index < -0.39 is 0 Å². The van der Waals surface area contributed by atoms with Gasteiger partial charge in [0.1, 0.15) is 23.1 Å². The minimum atomic E-state index is 0.586. The summed E-state index contributed by atoms with van der Waals surface area (Å²) >= 11 is 0. The minimum Gasteiger partial charge on any atom is -0.492 e. The zero-order chi connectivity index (χ0) is 12.4. The Bertz CT molecular complexity index is 533. The molecule has 0 unspecified atom stereocenters. The lowest BCUT2D eigenvalue weighted by atomic mass is 10.2. The number of nitrogens with zero attached hydrogens (tertiary/aromatic N) is 3. The van der Waals surface area contributed by atoms with Crippen LogP contribution in [-0.4, -0.2) is 21.4 Å². The van der Waals surface area contributed by atoms with E-state index >= 15 is 0 Å². The first kappa shape index (κ1) is 11.4. The third-order valence-corrected chi connectivity index (χ3v) is 2.45. The van der Waals surface area contributed by atoms with E-state index in [9.17, 15) is 0 Å². The van der Waals surface area contributed by atoms with Gasteiger partial charge in [-0.15, -0.1) is 0 Å². The van der Waals surface area contributed by atoms with Crippen molar-refractivity contribution in [2.45, 2.75) is 20.8 Å². The average molecular weight is 232 g/mol. The van der Waals surface area contributed by atoms with Gasteiger partial charge in [-0.05, 0) is 32.9 Å². The Morgan fingerprint density at radius 3 is 2.71 bits per heavy atom. The molecule has 0 aliphatic rings. The topological polar surface area (TPSA) is 66.0 Å². The first-order chi connectivity index (χ1) is 8.13. The van der Waals surface area contributed by atoms with Crippen LogP contribution in [0.3, 0.4) is 0 Å². The summed E-state index contributed by atoms with van der Waals surface area (Å²) in [5.74, 6) is 2.21. The highest BCUT2D eigenvalue weighted by atomic mass is 16.5. The SMILES string of the molecule is CCOc1cccc(-n2nc(C)nc2C)c1N. The van der Waals surface area contributed by atoms with Crippen LogP contribution in [0.15, 0.2) is 18.2 Å². The maximum absolute atomic E-state index is 6.07. The fourth-order valence-corrected chi connectivity index (χ4v) is 1.75. The van der Waals surface area contributed by atoms with E-state index in [1.807, 2.05) is 39.0 Å². The normalized spacial score (nSPS) is 10.5. The zero-order valence-corrected chi connectivity index (χ0v) is 10.3. The molecule has 0 atom stereocenters. The largest absolute Gasteiger partial charge is 0.492 e. The van der Waals surface area contributed by atoms with Gasteiger partial charge in [-0.1, -0.05) is 6.07 Å². The standard InChI is InChI=1S/C12H16N4O/c1-4-17-11-7-5-6-10(12(11)13)16-9(3)14-8(2)15-16/h5-7H,4,13H2,1-3H3.